The number of esters is 1. The molecule has 0 spiro atoms. The highest BCUT2D eigenvalue weighted by atomic mass is 16.6. The fraction of sp³-hybridized carbons (Fsp3) is 0.133. The molecule has 0 radical (unpaired) electrons. The zero-order chi connectivity index (χ0) is 15.4. The molecule has 0 saturated heterocycles. The molecule has 0 amide bonds. The SMILES string of the molecule is COc1ccc(OC(=O)c2ccc(C)c([N+](=O)[O-])c2)cc1. The summed E-state index contributed by atoms with van der Waals surface area (Å²) in [5, 5.41) is 10.9. The van der Waals surface area contributed by atoms with E-state index in [2.05, 4.69) is 0 Å². The Morgan fingerprint density at radius 2 is 1.71 bits per heavy atom. The minimum absolute atomic E-state index is 0.112. The van der Waals surface area contributed by atoms with Gasteiger partial charge in [-0.05, 0) is 37.3 Å². The Morgan fingerprint density at radius 3 is 2.29 bits per heavy atom. The lowest BCUT2D eigenvalue weighted by Gasteiger charge is -2.06. The van der Waals surface area contributed by atoms with E-state index in [0.29, 0.717) is 17.1 Å². The van der Waals surface area contributed by atoms with Gasteiger partial charge in [0.15, 0.2) is 0 Å². The molecule has 6 heteroatoms. The molecule has 2 rings (SSSR count). The lowest BCUT2D eigenvalue weighted by Crippen LogP contribution is -2.09. The van der Waals surface area contributed by atoms with Gasteiger partial charge in [0.25, 0.3) is 5.69 Å². The van der Waals surface area contributed by atoms with E-state index < -0.39 is 10.9 Å². The van der Waals surface area contributed by atoms with Crippen molar-refractivity contribution in [3.8, 4) is 11.5 Å². The maximum absolute atomic E-state index is 12.0. The number of nitro groups is 1. The van der Waals surface area contributed by atoms with Crippen LogP contribution in [0.3, 0.4) is 0 Å². The number of ether oxygens (including phenoxy) is 2. The van der Waals surface area contributed by atoms with Crippen molar-refractivity contribution >= 4 is 11.7 Å². The van der Waals surface area contributed by atoms with Crippen LogP contribution in [-0.4, -0.2) is 18.0 Å². The largest absolute Gasteiger partial charge is 0.497 e. The summed E-state index contributed by atoms with van der Waals surface area (Å²) in [6, 6.07) is 10.7. The molecule has 0 atom stereocenters. The predicted octanol–water partition coefficient (Wildman–Crippen LogP) is 3.13. The van der Waals surface area contributed by atoms with Crippen LogP contribution >= 0.6 is 0 Å². The molecule has 0 aliphatic rings. The molecular weight excluding hydrogens is 274 g/mol. The highest BCUT2D eigenvalue weighted by molar-refractivity contribution is 5.92. The number of nitro benzene ring substituents is 1. The molecule has 2 aromatic rings. The number of carbonyl (C=O) groups excluding carboxylic acids is 1. The number of nitrogens with zero attached hydrogens (tertiary/aromatic N) is 1. The molecule has 0 N–H and O–H groups in total. The van der Waals surface area contributed by atoms with Gasteiger partial charge in [-0.25, -0.2) is 4.79 Å². The molecule has 6 nitrogen and oxygen atoms in total. The van der Waals surface area contributed by atoms with E-state index in [1.54, 1.807) is 31.2 Å². The van der Waals surface area contributed by atoms with Crippen molar-refractivity contribution in [3.63, 3.8) is 0 Å². The van der Waals surface area contributed by atoms with Crippen molar-refractivity contribution in [1.82, 2.24) is 0 Å². The van der Waals surface area contributed by atoms with Gasteiger partial charge < -0.3 is 9.47 Å². The van der Waals surface area contributed by atoms with Crippen molar-refractivity contribution in [2.75, 3.05) is 7.11 Å². The smallest absolute Gasteiger partial charge is 0.343 e. The van der Waals surface area contributed by atoms with Gasteiger partial charge >= 0.3 is 5.97 Å². The standard InChI is InChI=1S/C15H13NO5/c1-10-3-4-11(9-14(10)16(18)19)15(17)21-13-7-5-12(20-2)6-8-13/h3-9H,1-2H3. The van der Waals surface area contributed by atoms with Crippen molar-refractivity contribution in [3.05, 3.63) is 63.7 Å². The van der Waals surface area contributed by atoms with Gasteiger partial charge in [0, 0.05) is 11.6 Å². The van der Waals surface area contributed by atoms with Gasteiger partial charge in [0.2, 0.25) is 0 Å². The van der Waals surface area contributed by atoms with Gasteiger partial charge in [-0.2, -0.15) is 0 Å². The lowest BCUT2D eigenvalue weighted by molar-refractivity contribution is -0.385. The lowest BCUT2D eigenvalue weighted by atomic mass is 10.1. The summed E-state index contributed by atoms with van der Waals surface area (Å²) >= 11 is 0. The Kier molecular flexibility index (Phi) is 4.18. The summed E-state index contributed by atoms with van der Waals surface area (Å²) < 4.78 is 10.2. The quantitative estimate of drug-likeness (QED) is 0.373. The number of hydrogen-bond donors (Lipinski definition) is 0. The van der Waals surface area contributed by atoms with Gasteiger partial charge in [0.1, 0.15) is 11.5 Å². The average molecular weight is 287 g/mol. The second kappa shape index (κ2) is 6.04. The van der Waals surface area contributed by atoms with Crippen LogP contribution in [0.4, 0.5) is 5.69 Å². The number of hydrogen-bond acceptors (Lipinski definition) is 5. The van der Waals surface area contributed by atoms with E-state index >= 15 is 0 Å². The third kappa shape index (κ3) is 3.36. The third-order valence-electron chi connectivity index (χ3n) is 2.91. The Hall–Kier alpha value is -2.89. The molecule has 2 aromatic carbocycles. The van der Waals surface area contributed by atoms with Crippen LogP contribution in [0.2, 0.25) is 0 Å². The molecule has 21 heavy (non-hydrogen) atoms. The molecule has 0 heterocycles. The molecule has 0 fully saturated rings. The maximum Gasteiger partial charge on any atom is 0.343 e. The van der Waals surface area contributed by atoms with Crippen molar-refractivity contribution in [2.24, 2.45) is 0 Å². The van der Waals surface area contributed by atoms with Crippen LogP contribution in [0.15, 0.2) is 42.5 Å². The van der Waals surface area contributed by atoms with Crippen molar-refractivity contribution in [1.29, 1.82) is 0 Å². The van der Waals surface area contributed by atoms with Crippen LogP contribution in [-0.2, 0) is 0 Å². The fourth-order valence-corrected chi connectivity index (χ4v) is 1.74. The topological polar surface area (TPSA) is 78.7 Å². The summed E-state index contributed by atoms with van der Waals surface area (Å²) in [5.41, 5.74) is 0.503. The fourth-order valence-electron chi connectivity index (χ4n) is 1.74. The minimum atomic E-state index is -0.650. The van der Waals surface area contributed by atoms with Gasteiger partial charge in [0.05, 0.1) is 17.6 Å². The Bertz CT molecular complexity index is 679. The van der Waals surface area contributed by atoms with Gasteiger partial charge in [-0.1, -0.05) is 6.07 Å². The highest BCUT2D eigenvalue weighted by Crippen LogP contribution is 2.22. The second-order valence-corrected chi connectivity index (χ2v) is 4.32. The summed E-state index contributed by atoms with van der Waals surface area (Å²) in [6.45, 7) is 1.61. The Labute approximate surface area is 121 Å². The maximum atomic E-state index is 12.0. The number of rotatable bonds is 4. The van der Waals surface area contributed by atoms with E-state index in [9.17, 15) is 14.9 Å². The van der Waals surface area contributed by atoms with Crippen molar-refractivity contribution < 1.29 is 19.2 Å². The molecular formula is C15H13NO5. The van der Waals surface area contributed by atoms with E-state index in [1.165, 1.54) is 25.3 Å². The first-order chi connectivity index (χ1) is 10.0. The number of benzene rings is 2. The summed E-state index contributed by atoms with van der Waals surface area (Å²) in [4.78, 5) is 22.3. The molecule has 0 aromatic heterocycles. The Morgan fingerprint density at radius 1 is 1.10 bits per heavy atom. The van der Waals surface area contributed by atoms with E-state index in [-0.39, 0.29) is 11.3 Å². The average Bonchev–Trinajstić information content (AvgIpc) is 2.48. The van der Waals surface area contributed by atoms with Gasteiger partial charge in [-0.15, -0.1) is 0 Å². The highest BCUT2D eigenvalue weighted by Gasteiger charge is 2.16. The van der Waals surface area contributed by atoms with Crippen LogP contribution in [0.5, 0.6) is 11.5 Å². The number of carbonyl (C=O) groups is 1. The molecule has 0 saturated carbocycles. The normalized spacial score (nSPS) is 10.0. The van der Waals surface area contributed by atoms with E-state index in [4.69, 9.17) is 9.47 Å². The monoisotopic (exact) mass is 287 g/mol. The van der Waals surface area contributed by atoms with E-state index in [0.717, 1.165) is 0 Å². The first-order valence-electron chi connectivity index (χ1n) is 6.12. The summed E-state index contributed by atoms with van der Waals surface area (Å²) in [5.74, 6) is 0.327. The number of aryl methyl sites for hydroxylation is 1. The molecule has 0 aliphatic carbocycles. The molecule has 0 bridgehead atoms. The summed E-state index contributed by atoms with van der Waals surface area (Å²) in [6.07, 6.45) is 0. The summed E-state index contributed by atoms with van der Waals surface area (Å²) in [7, 11) is 1.53. The van der Waals surface area contributed by atoms with E-state index in [1.807, 2.05) is 0 Å². The van der Waals surface area contributed by atoms with Crippen LogP contribution in [0, 0.1) is 17.0 Å². The second-order valence-electron chi connectivity index (χ2n) is 4.32. The van der Waals surface area contributed by atoms with Crippen LogP contribution in [0.25, 0.3) is 0 Å². The Balaban J connectivity index is 2.19. The zero-order valence-electron chi connectivity index (χ0n) is 11.5. The first-order valence-corrected chi connectivity index (χ1v) is 6.12. The number of methoxy groups -OCH3 is 1. The third-order valence-corrected chi connectivity index (χ3v) is 2.91. The molecule has 108 valence electrons. The zero-order valence-corrected chi connectivity index (χ0v) is 11.5. The predicted molar refractivity (Wildman–Crippen MR) is 75.8 cm³/mol. The van der Waals surface area contributed by atoms with Crippen molar-refractivity contribution in [2.45, 2.75) is 6.92 Å². The van der Waals surface area contributed by atoms with Crippen LogP contribution < -0.4 is 9.47 Å². The van der Waals surface area contributed by atoms with Gasteiger partial charge in [-0.3, -0.25) is 10.1 Å². The van der Waals surface area contributed by atoms with Crippen LogP contribution in [0.1, 0.15) is 15.9 Å². The molecule has 0 aliphatic heterocycles. The first kappa shape index (κ1) is 14.5. The minimum Gasteiger partial charge on any atom is -0.497 e. The molecule has 0 unspecified atom stereocenters.